The van der Waals surface area contributed by atoms with Crippen molar-refractivity contribution in [1.82, 2.24) is 4.98 Å². The van der Waals surface area contributed by atoms with Gasteiger partial charge in [0.1, 0.15) is 0 Å². The molecule has 0 aliphatic rings. The van der Waals surface area contributed by atoms with Crippen molar-refractivity contribution in [3.8, 4) is 5.88 Å². The van der Waals surface area contributed by atoms with Crippen LogP contribution in [0.4, 0.5) is 18.9 Å². The molecule has 0 amide bonds. The number of aromatic amines is 1. The van der Waals surface area contributed by atoms with Gasteiger partial charge in [-0.15, -0.1) is 13.2 Å². The minimum atomic E-state index is -4.82. The average Bonchev–Trinajstić information content (AvgIpc) is 1.94. The lowest BCUT2D eigenvalue weighted by molar-refractivity contribution is -0.276. The highest BCUT2D eigenvalue weighted by Gasteiger charge is 2.31. The number of aromatic nitrogens is 1. The van der Waals surface area contributed by atoms with Gasteiger partial charge >= 0.3 is 6.36 Å². The summed E-state index contributed by atoms with van der Waals surface area (Å²) in [4.78, 5) is 12.5. The molecule has 0 unspecified atom stereocenters. The van der Waals surface area contributed by atoms with Gasteiger partial charge in [-0.25, -0.2) is 0 Å². The third kappa shape index (κ3) is 2.69. The zero-order valence-corrected chi connectivity index (χ0v) is 6.18. The highest BCUT2D eigenvalue weighted by molar-refractivity contribution is 5.36. The van der Waals surface area contributed by atoms with E-state index in [-0.39, 0.29) is 5.69 Å². The van der Waals surface area contributed by atoms with E-state index in [9.17, 15) is 18.0 Å². The molecule has 7 heteroatoms. The fraction of sp³-hybridized carbons (Fsp3) is 0.167. The van der Waals surface area contributed by atoms with Crippen molar-refractivity contribution in [3.05, 3.63) is 22.5 Å². The lowest BCUT2D eigenvalue weighted by Crippen LogP contribution is -2.20. The zero-order valence-electron chi connectivity index (χ0n) is 6.18. The Morgan fingerprint density at radius 3 is 2.46 bits per heavy atom. The molecule has 0 fully saturated rings. The Morgan fingerprint density at radius 1 is 1.38 bits per heavy atom. The van der Waals surface area contributed by atoms with E-state index in [1.165, 1.54) is 0 Å². The van der Waals surface area contributed by atoms with Crippen LogP contribution in [-0.4, -0.2) is 11.3 Å². The van der Waals surface area contributed by atoms with Gasteiger partial charge < -0.3 is 10.5 Å². The van der Waals surface area contributed by atoms with Crippen molar-refractivity contribution in [3.63, 3.8) is 0 Å². The van der Waals surface area contributed by atoms with Crippen LogP contribution < -0.4 is 16.0 Å². The van der Waals surface area contributed by atoms with E-state index in [1.807, 2.05) is 4.98 Å². The molecule has 0 bridgehead atoms. The van der Waals surface area contributed by atoms with Gasteiger partial charge in [0.15, 0.2) is 0 Å². The summed E-state index contributed by atoms with van der Waals surface area (Å²) in [5.41, 5.74) is 4.08. The van der Waals surface area contributed by atoms with Crippen LogP contribution in [0.2, 0.25) is 0 Å². The smallest absolute Gasteiger partial charge is 0.394 e. The summed E-state index contributed by atoms with van der Waals surface area (Å²) in [5.74, 6) is -0.688. The number of hydrogen-bond donors (Lipinski definition) is 2. The minimum absolute atomic E-state index is 0.172. The molecule has 0 aliphatic carbocycles. The molecule has 1 rings (SSSR count). The van der Waals surface area contributed by atoms with Crippen LogP contribution in [-0.2, 0) is 0 Å². The number of nitrogen functional groups attached to an aromatic ring is 1. The van der Waals surface area contributed by atoms with Gasteiger partial charge in [0.2, 0.25) is 5.88 Å². The van der Waals surface area contributed by atoms with Gasteiger partial charge in [0.05, 0.1) is 5.69 Å². The number of nitrogens with one attached hydrogen (secondary N) is 1. The molecule has 1 aromatic rings. The Balaban J connectivity index is 2.93. The summed E-state index contributed by atoms with van der Waals surface area (Å²) in [6.45, 7) is 0. The van der Waals surface area contributed by atoms with E-state index in [4.69, 9.17) is 5.73 Å². The highest BCUT2D eigenvalue weighted by Crippen LogP contribution is 2.19. The number of anilines is 1. The molecule has 0 saturated heterocycles. The molecule has 1 heterocycles. The molecule has 0 atom stereocenters. The van der Waals surface area contributed by atoms with Gasteiger partial charge in [-0.2, -0.15) is 0 Å². The first-order chi connectivity index (χ1) is 5.88. The van der Waals surface area contributed by atoms with Crippen molar-refractivity contribution in [2.45, 2.75) is 6.36 Å². The molecule has 3 N–H and O–H groups in total. The first-order valence-electron chi connectivity index (χ1n) is 3.13. The van der Waals surface area contributed by atoms with E-state index in [0.29, 0.717) is 0 Å². The van der Waals surface area contributed by atoms with Crippen LogP contribution in [0.25, 0.3) is 0 Å². The number of hydrogen-bond acceptors (Lipinski definition) is 3. The summed E-state index contributed by atoms with van der Waals surface area (Å²) in [7, 11) is 0. The van der Waals surface area contributed by atoms with Crippen LogP contribution in [0.5, 0.6) is 5.88 Å². The van der Waals surface area contributed by atoms with E-state index in [1.54, 1.807) is 0 Å². The van der Waals surface area contributed by atoms with Crippen LogP contribution in [0.1, 0.15) is 0 Å². The molecular weight excluding hydrogens is 189 g/mol. The Bertz CT molecular complexity index is 358. The largest absolute Gasteiger partial charge is 0.574 e. The maximum atomic E-state index is 11.6. The number of alkyl halides is 3. The van der Waals surface area contributed by atoms with Gasteiger partial charge in [0.25, 0.3) is 5.56 Å². The van der Waals surface area contributed by atoms with E-state index in [2.05, 4.69) is 4.74 Å². The summed E-state index contributed by atoms with van der Waals surface area (Å²) in [5, 5.41) is 0. The third-order valence-electron chi connectivity index (χ3n) is 1.14. The Labute approximate surface area is 70.1 Å². The number of H-pyrrole nitrogens is 1. The second-order valence-corrected chi connectivity index (χ2v) is 2.15. The molecule has 0 aliphatic heterocycles. The maximum Gasteiger partial charge on any atom is 0.574 e. The predicted molar refractivity (Wildman–Crippen MR) is 38.2 cm³/mol. The Hall–Kier alpha value is -1.66. The lowest BCUT2D eigenvalue weighted by Gasteiger charge is -2.07. The fourth-order valence-corrected chi connectivity index (χ4v) is 0.651. The molecule has 0 saturated carbocycles. The topological polar surface area (TPSA) is 68.1 Å². The van der Waals surface area contributed by atoms with Gasteiger partial charge in [-0.3, -0.25) is 9.78 Å². The molecule has 4 nitrogen and oxygen atoms in total. The lowest BCUT2D eigenvalue weighted by atomic mass is 10.4. The number of pyridine rings is 1. The fourth-order valence-electron chi connectivity index (χ4n) is 0.651. The zero-order chi connectivity index (χ0) is 10.1. The standard InChI is InChI=1S/C6H5F3N2O2/c7-6(8,9)13-4-2-1-3(10)5(12)11-4/h1-2H,10H2,(H,11,12). The monoisotopic (exact) mass is 194 g/mol. The molecular formula is C6H5F3N2O2. The van der Waals surface area contributed by atoms with Gasteiger partial charge in [0, 0.05) is 6.07 Å². The summed E-state index contributed by atoms with van der Waals surface area (Å²) in [6, 6.07) is 1.95. The maximum absolute atomic E-state index is 11.6. The first-order valence-corrected chi connectivity index (χ1v) is 3.13. The van der Waals surface area contributed by atoms with Crippen molar-refractivity contribution >= 4 is 5.69 Å². The van der Waals surface area contributed by atoms with Gasteiger partial charge in [-0.1, -0.05) is 0 Å². The summed E-state index contributed by atoms with van der Waals surface area (Å²) >= 11 is 0. The third-order valence-corrected chi connectivity index (χ3v) is 1.14. The van der Waals surface area contributed by atoms with Crippen LogP contribution in [0, 0.1) is 0 Å². The van der Waals surface area contributed by atoms with Gasteiger partial charge in [-0.05, 0) is 6.07 Å². The minimum Gasteiger partial charge on any atom is -0.394 e. The molecule has 0 aromatic carbocycles. The van der Waals surface area contributed by atoms with E-state index in [0.717, 1.165) is 12.1 Å². The Kier molecular flexibility index (Phi) is 2.18. The molecule has 13 heavy (non-hydrogen) atoms. The predicted octanol–water partition coefficient (Wildman–Crippen LogP) is 0.856. The summed E-state index contributed by atoms with van der Waals surface area (Å²) in [6.07, 6.45) is -4.82. The van der Waals surface area contributed by atoms with Crippen LogP contribution in [0.15, 0.2) is 16.9 Å². The average molecular weight is 194 g/mol. The number of nitrogens with two attached hydrogens (primary N) is 1. The van der Waals surface area contributed by atoms with Crippen LogP contribution in [0.3, 0.4) is 0 Å². The van der Waals surface area contributed by atoms with E-state index >= 15 is 0 Å². The second-order valence-electron chi connectivity index (χ2n) is 2.15. The molecule has 0 spiro atoms. The molecule has 0 radical (unpaired) electrons. The second kappa shape index (κ2) is 3.00. The number of ether oxygens (including phenoxy) is 1. The van der Waals surface area contributed by atoms with Crippen molar-refractivity contribution in [1.29, 1.82) is 0 Å². The molecule has 72 valence electrons. The number of rotatable bonds is 1. The number of halogens is 3. The first kappa shape index (κ1) is 9.43. The SMILES string of the molecule is Nc1ccc(OC(F)(F)F)[nH]c1=O. The van der Waals surface area contributed by atoms with Crippen molar-refractivity contribution in [2.24, 2.45) is 0 Å². The van der Waals surface area contributed by atoms with Crippen molar-refractivity contribution in [2.75, 3.05) is 5.73 Å². The Morgan fingerprint density at radius 2 is 2.00 bits per heavy atom. The van der Waals surface area contributed by atoms with Crippen LogP contribution >= 0.6 is 0 Å². The normalized spacial score (nSPS) is 11.3. The van der Waals surface area contributed by atoms with E-state index < -0.39 is 17.8 Å². The van der Waals surface area contributed by atoms with Crippen molar-refractivity contribution < 1.29 is 17.9 Å². The quantitative estimate of drug-likeness (QED) is 0.696. The summed E-state index contributed by atoms with van der Waals surface area (Å²) < 4.78 is 38.2. The molecule has 1 aromatic heterocycles. The highest BCUT2D eigenvalue weighted by atomic mass is 19.4.